The lowest BCUT2D eigenvalue weighted by Gasteiger charge is -2.35. The first kappa shape index (κ1) is 32.5. The molecule has 6 rings (SSSR count). The van der Waals surface area contributed by atoms with Gasteiger partial charge in [-0.2, -0.15) is 0 Å². The molecule has 3 aliphatic rings. The Labute approximate surface area is 274 Å². The van der Waals surface area contributed by atoms with Gasteiger partial charge < -0.3 is 30.1 Å². The number of carboxylic acid groups (broad SMARTS) is 1. The third kappa shape index (κ3) is 7.27. The fourth-order valence-electron chi connectivity index (χ4n) is 7.00. The monoisotopic (exact) mass is 641 g/mol. The van der Waals surface area contributed by atoms with E-state index in [9.17, 15) is 24.3 Å². The van der Waals surface area contributed by atoms with Gasteiger partial charge >= 0.3 is 11.9 Å². The Kier molecular flexibility index (Phi) is 9.77. The number of esters is 1. The van der Waals surface area contributed by atoms with Crippen LogP contribution in [0.1, 0.15) is 74.2 Å². The molecule has 0 bridgehead atoms. The number of carboxylic acids is 1. The largest absolute Gasteiger partial charge is 0.480 e. The lowest BCUT2D eigenvalue weighted by Crippen LogP contribution is -2.55. The first-order valence-corrected chi connectivity index (χ1v) is 16.8. The summed E-state index contributed by atoms with van der Waals surface area (Å²) in [6.45, 7) is 2.57. The van der Waals surface area contributed by atoms with Crippen LogP contribution in [-0.2, 0) is 30.5 Å². The van der Waals surface area contributed by atoms with Crippen LogP contribution in [0.3, 0.4) is 0 Å². The molecule has 2 amide bonds. The molecular weight excluding hydrogens is 598 g/mol. The van der Waals surface area contributed by atoms with Gasteiger partial charge in [0.1, 0.15) is 17.6 Å². The summed E-state index contributed by atoms with van der Waals surface area (Å²) in [6, 6.07) is 19.5. The van der Waals surface area contributed by atoms with E-state index in [0.29, 0.717) is 30.7 Å². The molecule has 3 fully saturated rings. The zero-order valence-corrected chi connectivity index (χ0v) is 26.8. The number of aliphatic carboxylic acids is 1. The molecule has 10 nitrogen and oxygen atoms in total. The zero-order chi connectivity index (χ0) is 33.0. The summed E-state index contributed by atoms with van der Waals surface area (Å²) < 4.78 is 11.5. The molecule has 3 aromatic rings. The van der Waals surface area contributed by atoms with Gasteiger partial charge in [-0.3, -0.25) is 9.59 Å². The van der Waals surface area contributed by atoms with Gasteiger partial charge in [-0.1, -0.05) is 61.7 Å². The third-order valence-electron chi connectivity index (χ3n) is 9.83. The molecular formula is C37H43N3O7. The summed E-state index contributed by atoms with van der Waals surface area (Å²) >= 11 is 0. The van der Waals surface area contributed by atoms with Gasteiger partial charge in [-0.05, 0) is 79.1 Å². The second kappa shape index (κ2) is 14.1. The molecule has 0 spiro atoms. The minimum Gasteiger partial charge on any atom is -0.480 e. The smallest absolute Gasteiger partial charge is 0.338 e. The van der Waals surface area contributed by atoms with Crippen molar-refractivity contribution in [2.75, 3.05) is 18.5 Å². The Hall–Kier alpha value is -4.44. The lowest BCUT2D eigenvalue weighted by atomic mass is 9.83. The van der Waals surface area contributed by atoms with E-state index in [-0.39, 0.29) is 31.4 Å². The molecule has 47 heavy (non-hydrogen) atoms. The molecule has 10 heteroatoms. The molecule has 3 aromatic carbocycles. The molecule has 0 aromatic heterocycles. The summed E-state index contributed by atoms with van der Waals surface area (Å²) in [4.78, 5) is 54.1. The lowest BCUT2D eigenvalue weighted by molar-refractivity contribution is -0.145. The van der Waals surface area contributed by atoms with Crippen LogP contribution in [0, 0.1) is 5.92 Å². The number of amides is 2. The van der Waals surface area contributed by atoms with E-state index in [2.05, 4.69) is 16.7 Å². The van der Waals surface area contributed by atoms with E-state index in [1.807, 2.05) is 36.4 Å². The third-order valence-corrected chi connectivity index (χ3v) is 9.83. The Morgan fingerprint density at radius 3 is 2.38 bits per heavy atom. The highest BCUT2D eigenvalue weighted by Gasteiger charge is 2.54. The van der Waals surface area contributed by atoms with Crippen molar-refractivity contribution in [3.63, 3.8) is 0 Å². The number of fused-ring (bicyclic) bond motifs is 1. The quantitative estimate of drug-likeness (QED) is 0.227. The summed E-state index contributed by atoms with van der Waals surface area (Å²) in [7, 11) is 0. The molecule has 0 radical (unpaired) electrons. The minimum absolute atomic E-state index is 0.0501. The number of hydrogen-bond donors (Lipinski definition) is 3. The fourth-order valence-corrected chi connectivity index (χ4v) is 7.00. The van der Waals surface area contributed by atoms with Gasteiger partial charge in [0, 0.05) is 18.7 Å². The summed E-state index contributed by atoms with van der Waals surface area (Å²) in [5, 5.41) is 18.2. The molecule has 248 valence electrons. The number of ether oxygens (including phenoxy) is 2. The topological polar surface area (TPSA) is 134 Å². The Balaban J connectivity index is 1.24. The number of carbonyl (C=O) groups excluding carboxylic acids is 3. The van der Waals surface area contributed by atoms with Crippen molar-refractivity contribution in [3.05, 3.63) is 77.9 Å². The van der Waals surface area contributed by atoms with E-state index in [1.165, 1.54) is 0 Å². The second-order valence-electron chi connectivity index (χ2n) is 13.0. The average molecular weight is 642 g/mol. The first-order chi connectivity index (χ1) is 22.8. The molecule has 2 saturated carbocycles. The second-order valence-corrected chi connectivity index (χ2v) is 13.0. The molecule has 2 aliphatic carbocycles. The van der Waals surface area contributed by atoms with Crippen LogP contribution >= 0.6 is 0 Å². The molecule has 3 atom stereocenters. The number of nitrogens with zero attached hydrogens (tertiary/aromatic N) is 1. The summed E-state index contributed by atoms with van der Waals surface area (Å²) in [5.74, 6) is -2.08. The van der Waals surface area contributed by atoms with Crippen LogP contribution in [0.5, 0.6) is 0 Å². The van der Waals surface area contributed by atoms with Crippen molar-refractivity contribution in [2.24, 2.45) is 5.92 Å². The molecule has 1 heterocycles. The number of benzene rings is 3. The minimum atomic E-state index is -1.27. The average Bonchev–Trinajstić information content (AvgIpc) is 3.75. The van der Waals surface area contributed by atoms with Gasteiger partial charge in [0.15, 0.2) is 0 Å². The van der Waals surface area contributed by atoms with E-state index >= 15 is 0 Å². The van der Waals surface area contributed by atoms with Crippen molar-refractivity contribution in [2.45, 2.75) is 88.6 Å². The van der Waals surface area contributed by atoms with Gasteiger partial charge in [0.05, 0.1) is 24.9 Å². The van der Waals surface area contributed by atoms with Crippen LogP contribution in [0.2, 0.25) is 0 Å². The van der Waals surface area contributed by atoms with Crippen molar-refractivity contribution in [1.82, 2.24) is 10.2 Å². The highest BCUT2D eigenvalue weighted by Crippen LogP contribution is 2.37. The Bertz CT molecular complexity index is 1610. The molecule has 0 unspecified atom stereocenters. The van der Waals surface area contributed by atoms with E-state index in [4.69, 9.17) is 9.47 Å². The first-order valence-electron chi connectivity index (χ1n) is 16.8. The maximum atomic E-state index is 14.6. The Morgan fingerprint density at radius 1 is 0.957 bits per heavy atom. The van der Waals surface area contributed by atoms with Gasteiger partial charge in [0.25, 0.3) is 0 Å². The van der Waals surface area contributed by atoms with Crippen LogP contribution in [0.25, 0.3) is 10.8 Å². The highest BCUT2D eigenvalue weighted by molar-refractivity contribution is 5.96. The number of rotatable bonds is 12. The molecule has 1 aliphatic heterocycles. The van der Waals surface area contributed by atoms with Crippen molar-refractivity contribution >= 4 is 40.2 Å². The van der Waals surface area contributed by atoms with Crippen LogP contribution < -0.4 is 10.6 Å². The standard InChI is InChI=1S/C37H43N3O7/c1-2-46-35(43)26-15-17-28(18-16-26)38-32(25-10-4-3-5-11-25)34(42)40-22-29(21-31(40)33(41)39-37(19-20-37)36(44)45)47-23-27-13-8-12-24-9-6-7-14-30(24)27/h6-9,12-18,25,29,31-32,38H,2-5,10-11,19-23H2,1H3,(H,39,41)(H,44,45)/t29-,31+,32+/m1/s1. The SMILES string of the molecule is CCOC(=O)c1ccc(N[C@H](C(=O)N2C[C@H](OCc3cccc4ccccc34)C[C@H]2C(=O)NC2(C(=O)O)CC2)C2CCCCC2)cc1. The van der Waals surface area contributed by atoms with E-state index in [1.54, 1.807) is 36.1 Å². The van der Waals surface area contributed by atoms with Gasteiger partial charge in [-0.25, -0.2) is 9.59 Å². The van der Waals surface area contributed by atoms with E-state index < -0.39 is 41.6 Å². The number of hydrogen-bond acceptors (Lipinski definition) is 7. The summed E-state index contributed by atoms with van der Waals surface area (Å²) in [6.07, 6.45) is 5.47. The van der Waals surface area contributed by atoms with Crippen molar-refractivity contribution in [1.29, 1.82) is 0 Å². The maximum Gasteiger partial charge on any atom is 0.338 e. The molecule has 3 N–H and O–H groups in total. The number of nitrogens with one attached hydrogen (secondary N) is 2. The highest BCUT2D eigenvalue weighted by atomic mass is 16.5. The van der Waals surface area contributed by atoms with Crippen molar-refractivity contribution in [3.8, 4) is 0 Å². The summed E-state index contributed by atoms with van der Waals surface area (Å²) in [5.41, 5.74) is 0.862. The number of likely N-dealkylation sites (tertiary alicyclic amines) is 1. The predicted molar refractivity (Wildman–Crippen MR) is 177 cm³/mol. The normalized spacial score (nSPS) is 21.2. The van der Waals surface area contributed by atoms with E-state index in [0.717, 1.165) is 48.4 Å². The zero-order valence-electron chi connectivity index (χ0n) is 26.8. The fraction of sp³-hybridized carbons (Fsp3) is 0.459. The maximum absolute atomic E-state index is 14.6. The van der Waals surface area contributed by atoms with Crippen LogP contribution in [0.15, 0.2) is 66.7 Å². The van der Waals surface area contributed by atoms with Crippen LogP contribution in [0.4, 0.5) is 5.69 Å². The number of anilines is 1. The number of carbonyl (C=O) groups is 4. The van der Waals surface area contributed by atoms with Gasteiger partial charge in [0.2, 0.25) is 11.8 Å². The molecule has 1 saturated heterocycles. The Morgan fingerprint density at radius 2 is 1.68 bits per heavy atom. The van der Waals surface area contributed by atoms with Crippen LogP contribution in [-0.4, -0.2) is 70.6 Å². The van der Waals surface area contributed by atoms with Gasteiger partial charge in [-0.15, -0.1) is 0 Å². The predicted octanol–water partition coefficient (Wildman–Crippen LogP) is 5.30. The van der Waals surface area contributed by atoms with Crippen molar-refractivity contribution < 1.29 is 33.8 Å².